The van der Waals surface area contributed by atoms with Crippen molar-refractivity contribution in [2.24, 2.45) is 0 Å². The Morgan fingerprint density at radius 1 is 0.841 bits per heavy atom. The first-order valence-electron chi connectivity index (χ1n) is 14.6. The van der Waals surface area contributed by atoms with Crippen molar-refractivity contribution in [3.63, 3.8) is 0 Å². The number of benzene rings is 4. The van der Waals surface area contributed by atoms with Crippen LogP contribution in [0, 0.1) is 12.7 Å². The zero-order chi connectivity index (χ0) is 31.7. The minimum absolute atomic E-state index is 0.0302. The third kappa shape index (κ3) is 8.32. The van der Waals surface area contributed by atoms with Crippen molar-refractivity contribution in [2.45, 2.75) is 57.1 Å². The van der Waals surface area contributed by atoms with Crippen LogP contribution in [0.5, 0.6) is 0 Å². The van der Waals surface area contributed by atoms with Gasteiger partial charge in [0.05, 0.1) is 10.6 Å². The molecule has 1 N–H and O–H groups in total. The Morgan fingerprint density at radius 2 is 1.48 bits per heavy atom. The first-order valence-corrected chi connectivity index (χ1v) is 16.0. The van der Waals surface area contributed by atoms with Gasteiger partial charge in [-0.25, -0.2) is 12.8 Å². The number of hydrogen-bond donors (Lipinski definition) is 1. The predicted octanol–water partition coefficient (Wildman–Crippen LogP) is 5.88. The highest BCUT2D eigenvalue weighted by Crippen LogP contribution is 2.26. The summed E-state index contributed by atoms with van der Waals surface area (Å²) in [4.78, 5) is 29.7. The van der Waals surface area contributed by atoms with Gasteiger partial charge < -0.3 is 10.2 Å². The highest BCUT2D eigenvalue weighted by atomic mass is 32.2. The van der Waals surface area contributed by atoms with E-state index in [9.17, 15) is 22.4 Å². The Bertz CT molecular complexity index is 1650. The van der Waals surface area contributed by atoms with Crippen LogP contribution in [0.1, 0.15) is 37.0 Å². The summed E-state index contributed by atoms with van der Waals surface area (Å²) in [6.45, 7) is 5.10. The second kappa shape index (κ2) is 14.8. The summed E-state index contributed by atoms with van der Waals surface area (Å²) >= 11 is 0. The van der Waals surface area contributed by atoms with Gasteiger partial charge >= 0.3 is 0 Å². The number of sulfonamides is 1. The molecule has 0 aliphatic heterocycles. The Balaban J connectivity index is 1.80. The Morgan fingerprint density at radius 3 is 2.09 bits per heavy atom. The van der Waals surface area contributed by atoms with E-state index in [0.29, 0.717) is 17.7 Å². The largest absolute Gasteiger partial charge is 0.352 e. The van der Waals surface area contributed by atoms with Gasteiger partial charge in [-0.2, -0.15) is 0 Å². The quantitative estimate of drug-likeness (QED) is 0.203. The third-order valence-corrected chi connectivity index (χ3v) is 9.23. The molecule has 0 unspecified atom stereocenters. The van der Waals surface area contributed by atoms with Gasteiger partial charge in [-0.3, -0.25) is 13.9 Å². The van der Waals surface area contributed by atoms with Crippen molar-refractivity contribution in [3.8, 4) is 0 Å². The van der Waals surface area contributed by atoms with Crippen molar-refractivity contribution < 1.29 is 22.4 Å². The lowest BCUT2D eigenvalue weighted by atomic mass is 10.0. The van der Waals surface area contributed by atoms with Crippen molar-refractivity contribution in [1.29, 1.82) is 0 Å². The van der Waals surface area contributed by atoms with E-state index in [1.165, 1.54) is 29.2 Å². The predicted molar refractivity (Wildman–Crippen MR) is 171 cm³/mol. The summed E-state index contributed by atoms with van der Waals surface area (Å²) < 4.78 is 42.9. The molecule has 7 nitrogen and oxygen atoms in total. The summed E-state index contributed by atoms with van der Waals surface area (Å²) in [5, 5.41) is 3.00. The molecule has 0 aromatic heterocycles. The molecule has 0 spiro atoms. The minimum atomic E-state index is -4.17. The normalized spacial score (nSPS) is 12.6. The maximum Gasteiger partial charge on any atom is 0.264 e. The molecule has 0 saturated heterocycles. The number of carbonyl (C=O) groups excluding carboxylic acids is 2. The molecular formula is C35H38FN3O4S. The van der Waals surface area contributed by atoms with E-state index in [1.807, 2.05) is 57.2 Å². The van der Waals surface area contributed by atoms with Crippen LogP contribution in [-0.2, 0) is 32.6 Å². The van der Waals surface area contributed by atoms with Crippen LogP contribution in [0.15, 0.2) is 114 Å². The number of halogens is 1. The zero-order valence-electron chi connectivity index (χ0n) is 25.2. The molecule has 0 aliphatic carbocycles. The van der Waals surface area contributed by atoms with Gasteiger partial charge in [-0.05, 0) is 73.4 Å². The van der Waals surface area contributed by atoms with Gasteiger partial charge in [0.15, 0.2) is 0 Å². The average Bonchev–Trinajstić information content (AvgIpc) is 3.03. The van der Waals surface area contributed by atoms with Crippen LogP contribution in [0.4, 0.5) is 10.1 Å². The second-order valence-electron chi connectivity index (χ2n) is 10.8. The van der Waals surface area contributed by atoms with Crippen LogP contribution in [0.3, 0.4) is 0 Å². The standard InChI is InChI=1S/C35H38FN3O4S/c1-4-27(3)37-35(41)33(23-28-13-7-5-8-14-28)38(24-29-18-20-30(36)21-19-29)34(40)25-39(31-15-11-12-26(2)22-31)44(42,43)32-16-9-6-10-17-32/h5-22,27,33H,4,23-25H2,1-3H3,(H,37,41)/t27-,33-/m1/s1. The molecule has 4 aromatic rings. The van der Waals surface area contributed by atoms with E-state index in [0.717, 1.165) is 15.4 Å². The monoisotopic (exact) mass is 615 g/mol. The maximum absolute atomic E-state index is 14.4. The molecule has 2 amide bonds. The summed E-state index contributed by atoms with van der Waals surface area (Å²) in [6.07, 6.45) is 0.887. The van der Waals surface area contributed by atoms with Crippen molar-refractivity contribution in [3.05, 3.63) is 132 Å². The van der Waals surface area contributed by atoms with Gasteiger partial charge in [0, 0.05) is 19.0 Å². The van der Waals surface area contributed by atoms with Gasteiger partial charge in [-0.15, -0.1) is 0 Å². The number of nitrogens with zero attached hydrogens (tertiary/aromatic N) is 2. The molecule has 0 aliphatic rings. The number of aryl methyl sites for hydroxylation is 1. The van der Waals surface area contributed by atoms with Crippen LogP contribution in [0.2, 0.25) is 0 Å². The first-order chi connectivity index (χ1) is 21.1. The van der Waals surface area contributed by atoms with E-state index < -0.39 is 34.3 Å². The van der Waals surface area contributed by atoms with Crippen LogP contribution >= 0.6 is 0 Å². The lowest BCUT2D eigenvalue weighted by Gasteiger charge is -2.34. The van der Waals surface area contributed by atoms with Crippen LogP contribution in [-0.4, -0.2) is 43.8 Å². The molecule has 4 rings (SSSR count). The van der Waals surface area contributed by atoms with E-state index in [2.05, 4.69) is 5.32 Å². The van der Waals surface area contributed by atoms with Crippen molar-refractivity contribution in [1.82, 2.24) is 10.2 Å². The molecule has 0 heterocycles. The Labute approximate surface area is 259 Å². The molecule has 9 heteroatoms. The van der Waals surface area contributed by atoms with E-state index >= 15 is 0 Å². The van der Waals surface area contributed by atoms with Gasteiger partial charge in [0.25, 0.3) is 10.0 Å². The molecular weight excluding hydrogens is 577 g/mol. The summed E-state index contributed by atoms with van der Waals surface area (Å²) in [6, 6.07) is 28.8. The molecule has 4 aromatic carbocycles. The van der Waals surface area contributed by atoms with Gasteiger partial charge in [0.1, 0.15) is 18.4 Å². The number of amides is 2. The highest BCUT2D eigenvalue weighted by molar-refractivity contribution is 7.92. The summed E-state index contributed by atoms with van der Waals surface area (Å²) in [5.74, 6) is -1.36. The highest BCUT2D eigenvalue weighted by Gasteiger charge is 2.35. The Kier molecular flexibility index (Phi) is 10.9. The number of carbonyl (C=O) groups is 2. The van der Waals surface area contributed by atoms with E-state index in [1.54, 1.807) is 48.5 Å². The average molecular weight is 616 g/mol. The third-order valence-electron chi connectivity index (χ3n) is 7.44. The minimum Gasteiger partial charge on any atom is -0.352 e. The van der Waals surface area contributed by atoms with Gasteiger partial charge in [0.2, 0.25) is 11.8 Å². The summed E-state index contributed by atoms with van der Waals surface area (Å²) in [7, 11) is -4.17. The Hall–Kier alpha value is -4.50. The van der Waals surface area contributed by atoms with Gasteiger partial charge in [-0.1, -0.05) is 79.7 Å². The van der Waals surface area contributed by atoms with E-state index in [4.69, 9.17) is 0 Å². The topological polar surface area (TPSA) is 86.8 Å². The van der Waals surface area contributed by atoms with E-state index in [-0.39, 0.29) is 29.8 Å². The lowest BCUT2D eigenvalue weighted by molar-refractivity contribution is -0.140. The number of rotatable bonds is 13. The fourth-order valence-corrected chi connectivity index (χ4v) is 6.24. The van der Waals surface area contributed by atoms with Crippen LogP contribution < -0.4 is 9.62 Å². The molecule has 0 bridgehead atoms. The summed E-state index contributed by atoms with van der Waals surface area (Å²) in [5.41, 5.74) is 2.58. The fourth-order valence-electron chi connectivity index (χ4n) is 4.81. The molecule has 2 atom stereocenters. The number of anilines is 1. The maximum atomic E-state index is 14.4. The van der Waals surface area contributed by atoms with Crippen molar-refractivity contribution >= 4 is 27.5 Å². The molecule has 0 radical (unpaired) electrons. The molecule has 44 heavy (non-hydrogen) atoms. The number of nitrogens with one attached hydrogen (secondary N) is 1. The lowest BCUT2D eigenvalue weighted by Crippen LogP contribution is -2.54. The fraction of sp³-hybridized carbons (Fsp3) is 0.257. The van der Waals surface area contributed by atoms with Crippen LogP contribution in [0.25, 0.3) is 0 Å². The van der Waals surface area contributed by atoms with Crippen molar-refractivity contribution in [2.75, 3.05) is 10.8 Å². The smallest absolute Gasteiger partial charge is 0.264 e. The SMILES string of the molecule is CC[C@@H](C)NC(=O)[C@@H](Cc1ccccc1)N(Cc1ccc(F)cc1)C(=O)CN(c1cccc(C)c1)S(=O)(=O)c1ccccc1. The molecule has 0 saturated carbocycles. The molecule has 0 fully saturated rings. The second-order valence-corrected chi connectivity index (χ2v) is 12.7. The zero-order valence-corrected chi connectivity index (χ0v) is 26.0. The number of hydrogen-bond acceptors (Lipinski definition) is 4. The first kappa shape index (κ1) is 32.4. The molecule has 230 valence electrons.